The van der Waals surface area contributed by atoms with Gasteiger partial charge in [-0.25, -0.2) is 4.90 Å². The molecular formula is C16H14N4O3S2. The summed E-state index contributed by atoms with van der Waals surface area (Å²) < 4.78 is 0.569. The van der Waals surface area contributed by atoms with Gasteiger partial charge in [-0.05, 0) is 25.0 Å². The van der Waals surface area contributed by atoms with Crippen molar-refractivity contribution >= 4 is 46.0 Å². The molecule has 2 aromatic rings. The molecule has 2 aliphatic rings. The number of nitrogens with zero attached hydrogens (tertiary/aromatic N) is 4. The van der Waals surface area contributed by atoms with E-state index in [-0.39, 0.29) is 28.6 Å². The third kappa shape index (κ3) is 2.93. The van der Waals surface area contributed by atoms with Crippen LogP contribution in [0, 0.1) is 0 Å². The molecule has 1 saturated heterocycles. The van der Waals surface area contributed by atoms with Crippen LogP contribution in [0.4, 0.5) is 5.13 Å². The van der Waals surface area contributed by atoms with Gasteiger partial charge in [0, 0.05) is 13.1 Å². The van der Waals surface area contributed by atoms with Crippen LogP contribution < -0.4 is 4.90 Å². The van der Waals surface area contributed by atoms with E-state index in [9.17, 15) is 14.4 Å². The van der Waals surface area contributed by atoms with E-state index in [2.05, 4.69) is 10.2 Å². The Labute approximate surface area is 152 Å². The van der Waals surface area contributed by atoms with Gasteiger partial charge < -0.3 is 4.90 Å². The summed E-state index contributed by atoms with van der Waals surface area (Å²) in [5.41, 5.74) is 0.752. The maximum Gasteiger partial charge on any atom is 0.268 e. The highest BCUT2D eigenvalue weighted by Crippen LogP contribution is 2.33. The third-order valence-corrected chi connectivity index (χ3v) is 6.19. The van der Waals surface area contributed by atoms with Gasteiger partial charge in [-0.3, -0.25) is 14.4 Å². The first kappa shape index (κ1) is 16.2. The fourth-order valence-electron chi connectivity index (χ4n) is 2.90. The minimum absolute atomic E-state index is 0.0833. The molecule has 0 saturated carbocycles. The number of hydrogen-bond donors (Lipinski definition) is 0. The minimum Gasteiger partial charge on any atom is -0.342 e. The second-order valence-corrected chi connectivity index (χ2v) is 7.90. The predicted molar refractivity (Wildman–Crippen MR) is 94.0 cm³/mol. The topological polar surface area (TPSA) is 83.5 Å². The quantitative estimate of drug-likeness (QED) is 0.463. The zero-order valence-corrected chi connectivity index (χ0v) is 14.8. The summed E-state index contributed by atoms with van der Waals surface area (Å²) in [6, 6.07) is 6.69. The third-order valence-electron chi connectivity index (χ3n) is 4.16. The van der Waals surface area contributed by atoms with Crippen molar-refractivity contribution in [3.63, 3.8) is 0 Å². The molecule has 0 spiro atoms. The van der Waals surface area contributed by atoms with Crippen molar-refractivity contribution in [1.29, 1.82) is 0 Å². The number of fused-ring (bicyclic) bond motifs is 1. The van der Waals surface area contributed by atoms with Crippen molar-refractivity contribution < 1.29 is 14.4 Å². The Morgan fingerprint density at radius 3 is 2.36 bits per heavy atom. The van der Waals surface area contributed by atoms with Crippen LogP contribution in [0.3, 0.4) is 0 Å². The summed E-state index contributed by atoms with van der Waals surface area (Å²) in [7, 11) is 0. The summed E-state index contributed by atoms with van der Waals surface area (Å²) in [5, 5.41) is 8.21. The summed E-state index contributed by atoms with van der Waals surface area (Å²) in [6.45, 7) is 1.63. The standard InChI is InChI=1S/C16H14N4O3S2/c21-12(19-7-3-4-8-19)9-24-16-18-17-15(25-16)20-13(22)10-5-1-2-6-11(10)14(20)23/h1-2,5-6H,3-4,7-9H2. The molecule has 25 heavy (non-hydrogen) atoms. The van der Waals surface area contributed by atoms with E-state index in [0.29, 0.717) is 15.5 Å². The normalized spacial score (nSPS) is 16.6. The summed E-state index contributed by atoms with van der Waals surface area (Å²) >= 11 is 2.43. The van der Waals surface area contributed by atoms with E-state index in [1.165, 1.54) is 11.8 Å². The Morgan fingerprint density at radius 1 is 1.08 bits per heavy atom. The second-order valence-electron chi connectivity index (χ2n) is 5.72. The molecule has 3 heterocycles. The van der Waals surface area contributed by atoms with Crippen LogP contribution in [0.2, 0.25) is 0 Å². The lowest BCUT2D eigenvalue weighted by Gasteiger charge is -2.13. The first-order chi connectivity index (χ1) is 12.1. The molecule has 0 unspecified atom stereocenters. The number of thioether (sulfide) groups is 1. The SMILES string of the molecule is O=C(CSc1nnc(N2C(=O)c3ccccc3C2=O)s1)N1CCCC1. The molecule has 0 aliphatic carbocycles. The molecule has 0 radical (unpaired) electrons. The van der Waals surface area contributed by atoms with Gasteiger partial charge in [0.15, 0.2) is 4.34 Å². The second kappa shape index (κ2) is 6.57. The first-order valence-electron chi connectivity index (χ1n) is 7.87. The lowest BCUT2D eigenvalue weighted by Crippen LogP contribution is -2.29. The number of benzene rings is 1. The van der Waals surface area contributed by atoms with Gasteiger partial charge in [-0.1, -0.05) is 35.2 Å². The lowest BCUT2D eigenvalue weighted by molar-refractivity contribution is -0.127. The molecule has 1 aromatic carbocycles. The van der Waals surface area contributed by atoms with Crippen molar-refractivity contribution in [2.75, 3.05) is 23.7 Å². The van der Waals surface area contributed by atoms with Gasteiger partial charge in [0.25, 0.3) is 11.8 Å². The van der Waals surface area contributed by atoms with E-state index in [1.807, 2.05) is 4.90 Å². The molecule has 0 N–H and O–H groups in total. The molecule has 1 aromatic heterocycles. The number of carbonyl (C=O) groups excluding carboxylic acids is 3. The highest BCUT2D eigenvalue weighted by atomic mass is 32.2. The maximum absolute atomic E-state index is 12.4. The number of hydrogen-bond acceptors (Lipinski definition) is 7. The average Bonchev–Trinajstić information content (AvgIpc) is 3.35. The van der Waals surface area contributed by atoms with Crippen molar-refractivity contribution in [3.8, 4) is 0 Å². The van der Waals surface area contributed by atoms with Crippen LogP contribution in [-0.4, -0.2) is 51.7 Å². The van der Waals surface area contributed by atoms with E-state index < -0.39 is 0 Å². The fraction of sp³-hybridized carbons (Fsp3) is 0.312. The van der Waals surface area contributed by atoms with E-state index in [1.54, 1.807) is 24.3 Å². The maximum atomic E-state index is 12.4. The van der Waals surface area contributed by atoms with Gasteiger partial charge in [-0.2, -0.15) is 0 Å². The first-order valence-corrected chi connectivity index (χ1v) is 9.67. The lowest BCUT2D eigenvalue weighted by atomic mass is 10.1. The minimum atomic E-state index is -0.388. The molecule has 0 atom stereocenters. The fourth-order valence-corrected chi connectivity index (χ4v) is 4.64. The highest BCUT2D eigenvalue weighted by Gasteiger charge is 2.38. The molecule has 3 amide bonds. The van der Waals surface area contributed by atoms with Crippen LogP contribution in [0.15, 0.2) is 28.6 Å². The van der Waals surface area contributed by atoms with Crippen molar-refractivity contribution in [1.82, 2.24) is 15.1 Å². The Balaban J connectivity index is 1.46. The predicted octanol–water partition coefficient (Wildman–Crippen LogP) is 2.05. The number of imide groups is 1. The average molecular weight is 374 g/mol. The van der Waals surface area contributed by atoms with Crippen LogP contribution in [0.25, 0.3) is 0 Å². The molecule has 2 aliphatic heterocycles. The number of rotatable bonds is 4. The van der Waals surface area contributed by atoms with Gasteiger partial charge >= 0.3 is 0 Å². The monoisotopic (exact) mass is 374 g/mol. The highest BCUT2D eigenvalue weighted by molar-refractivity contribution is 8.01. The zero-order valence-electron chi connectivity index (χ0n) is 13.2. The van der Waals surface area contributed by atoms with Crippen LogP contribution >= 0.6 is 23.1 Å². The van der Waals surface area contributed by atoms with Gasteiger partial charge in [0.2, 0.25) is 11.0 Å². The zero-order chi connectivity index (χ0) is 17.4. The van der Waals surface area contributed by atoms with Crippen LogP contribution in [0.1, 0.15) is 33.6 Å². The molecule has 0 bridgehead atoms. The largest absolute Gasteiger partial charge is 0.342 e. The van der Waals surface area contributed by atoms with Gasteiger partial charge in [0.1, 0.15) is 0 Å². The van der Waals surface area contributed by atoms with Crippen LogP contribution in [0.5, 0.6) is 0 Å². The molecule has 7 nitrogen and oxygen atoms in total. The molecule has 1 fully saturated rings. The Hall–Kier alpha value is -2.26. The number of amides is 3. The van der Waals surface area contributed by atoms with Crippen molar-refractivity contribution in [2.24, 2.45) is 0 Å². The van der Waals surface area contributed by atoms with Crippen molar-refractivity contribution in [2.45, 2.75) is 17.2 Å². The van der Waals surface area contributed by atoms with E-state index in [0.717, 1.165) is 42.2 Å². The Morgan fingerprint density at radius 2 is 1.72 bits per heavy atom. The van der Waals surface area contributed by atoms with E-state index in [4.69, 9.17) is 0 Å². The number of anilines is 1. The molecule has 9 heteroatoms. The number of likely N-dealkylation sites (tertiary alicyclic amines) is 1. The molecule has 128 valence electrons. The molecule has 4 rings (SSSR count). The Kier molecular flexibility index (Phi) is 4.26. The number of aromatic nitrogens is 2. The summed E-state index contributed by atoms with van der Waals surface area (Å²) in [5.74, 6) is -0.403. The summed E-state index contributed by atoms with van der Waals surface area (Å²) in [6.07, 6.45) is 2.11. The summed E-state index contributed by atoms with van der Waals surface area (Å²) in [4.78, 5) is 39.8. The smallest absolute Gasteiger partial charge is 0.268 e. The van der Waals surface area contributed by atoms with Crippen LogP contribution in [-0.2, 0) is 4.79 Å². The number of carbonyl (C=O) groups is 3. The van der Waals surface area contributed by atoms with Gasteiger partial charge in [0.05, 0.1) is 16.9 Å². The Bertz CT molecular complexity index is 826. The van der Waals surface area contributed by atoms with Gasteiger partial charge in [-0.15, -0.1) is 10.2 Å². The van der Waals surface area contributed by atoms with E-state index >= 15 is 0 Å². The van der Waals surface area contributed by atoms with Crippen molar-refractivity contribution in [3.05, 3.63) is 35.4 Å². The molecular weight excluding hydrogens is 360 g/mol.